The second-order valence-electron chi connectivity index (χ2n) is 5.42. The fourth-order valence-corrected chi connectivity index (χ4v) is 2.72. The molecule has 1 aliphatic rings. The van der Waals surface area contributed by atoms with E-state index in [0.29, 0.717) is 27.1 Å². The third kappa shape index (κ3) is 3.81. The van der Waals surface area contributed by atoms with Gasteiger partial charge in [-0.3, -0.25) is 9.69 Å². The van der Waals surface area contributed by atoms with Gasteiger partial charge in [0.25, 0.3) is 5.91 Å². The number of nitrogens with zero attached hydrogens (tertiary/aromatic N) is 1. The van der Waals surface area contributed by atoms with Gasteiger partial charge in [0.15, 0.2) is 5.11 Å². The lowest BCUT2D eigenvalue weighted by Crippen LogP contribution is -2.25. The predicted molar refractivity (Wildman–Crippen MR) is 98.7 cm³/mol. The molecule has 2 aromatic carbocycles. The second-order valence-corrected chi connectivity index (χ2v) is 6.22. The topological polar surface area (TPSA) is 41.6 Å². The number of rotatable bonds is 4. The summed E-state index contributed by atoms with van der Waals surface area (Å²) in [6.07, 6.45) is 1.66. The van der Waals surface area contributed by atoms with E-state index in [-0.39, 0.29) is 18.3 Å². The van der Waals surface area contributed by atoms with Gasteiger partial charge in [0.2, 0.25) is 0 Å². The summed E-state index contributed by atoms with van der Waals surface area (Å²) < 4.78 is 19.2. The Kier molecular flexibility index (Phi) is 5.01. The lowest BCUT2D eigenvalue weighted by atomic mass is 10.2. The van der Waals surface area contributed by atoms with Crippen molar-refractivity contribution >= 4 is 40.9 Å². The van der Waals surface area contributed by atoms with Crippen LogP contribution in [0.4, 0.5) is 4.39 Å². The molecule has 0 unspecified atom stereocenters. The van der Waals surface area contributed by atoms with E-state index in [1.165, 1.54) is 11.0 Å². The summed E-state index contributed by atoms with van der Waals surface area (Å²) in [6, 6.07) is 11.5. The molecular formula is C18H14ClFN2O2S. The zero-order chi connectivity index (χ0) is 18.0. The average molecular weight is 377 g/mol. The summed E-state index contributed by atoms with van der Waals surface area (Å²) in [5, 5.41) is 3.56. The first-order chi connectivity index (χ1) is 12.0. The molecule has 1 heterocycles. The number of carbonyl (C=O) groups excluding carboxylic acids is 1. The highest BCUT2D eigenvalue weighted by molar-refractivity contribution is 7.80. The maximum atomic E-state index is 13.6. The molecule has 0 aliphatic carbocycles. The molecule has 4 nitrogen and oxygen atoms in total. The first-order valence-electron chi connectivity index (χ1n) is 7.42. The molecule has 0 aromatic heterocycles. The van der Waals surface area contributed by atoms with E-state index < -0.39 is 0 Å². The van der Waals surface area contributed by atoms with E-state index in [2.05, 4.69) is 5.32 Å². The van der Waals surface area contributed by atoms with E-state index in [1.54, 1.807) is 49.5 Å². The van der Waals surface area contributed by atoms with Gasteiger partial charge >= 0.3 is 0 Å². The van der Waals surface area contributed by atoms with Crippen molar-refractivity contribution in [2.75, 3.05) is 7.05 Å². The number of ether oxygens (including phenoxy) is 1. The van der Waals surface area contributed by atoms with Crippen molar-refractivity contribution < 1.29 is 13.9 Å². The monoisotopic (exact) mass is 376 g/mol. The van der Waals surface area contributed by atoms with E-state index in [9.17, 15) is 9.18 Å². The first kappa shape index (κ1) is 17.4. The van der Waals surface area contributed by atoms with Crippen LogP contribution in [0.15, 0.2) is 48.2 Å². The molecule has 128 valence electrons. The molecule has 1 saturated heterocycles. The Morgan fingerprint density at radius 1 is 1.32 bits per heavy atom. The lowest BCUT2D eigenvalue weighted by Gasteiger charge is -2.09. The Morgan fingerprint density at radius 3 is 2.72 bits per heavy atom. The van der Waals surface area contributed by atoms with Gasteiger partial charge in [-0.05, 0) is 42.1 Å². The summed E-state index contributed by atoms with van der Waals surface area (Å²) in [7, 11) is 1.60. The van der Waals surface area contributed by atoms with Gasteiger partial charge in [0.1, 0.15) is 23.9 Å². The summed E-state index contributed by atoms with van der Waals surface area (Å²) in [5.74, 6) is -0.0997. The quantitative estimate of drug-likeness (QED) is 0.652. The number of halogens is 2. The molecule has 25 heavy (non-hydrogen) atoms. The molecule has 1 aliphatic heterocycles. The highest BCUT2D eigenvalue weighted by Gasteiger charge is 2.26. The third-order valence-corrected chi connectivity index (χ3v) is 4.36. The van der Waals surface area contributed by atoms with Gasteiger partial charge in [0, 0.05) is 12.6 Å². The van der Waals surface area contributed by atoms with Crippen LogP contribution in [-0.2, 0) is 11.4 Å². The van der Waals surface area contributed by atoms with Crippen LogP contribution >= 0.6 is 23.8 Å². The Hall–Kier alpha value is -2.44. The number of amides is 1. The molecule has 7 heteroatoms. The van der Waals surface area contributed by atoms with E-state index in [1.807, 2.05) is 0 Å². The molecule has 3 rings (SSSR count). The number of carbonyl (C=O) groups is 1. The number of nitrogens with one attached hydrogen (secondary N) is 1. The second kappa shape index (κ2) is 7.21. The molecule has 2 aromatic rings. The SMILES string of the molecule is CN1C(=O)/C(=C\c2ccc(OCc3ccccc3F)c(Cl)c2)NC1=S. The van der Waals surface area contributed by atoms with Crippen molar-refractivity contribution in [2.45, 2.75) is 6.61 Å². The fourth-order valence-electron chi connectivity index (χ4n) is 2.28. The Bertz CT molecular complexity index is 885. The molecule has 0 bridgehead atoms. The van der Waals surface area contributed by atoms with Crippen molar-refractivity contribution in [2.24, 2.45) is 0 Å². The van der Waals surface area contributed by atoms with E-state index >= 15 is 0 Å². The normalized spacial score (nSPS) is 15.6. The largest absolute Gasteiger partial charge is 0.487 e. The van der Waals surface area contributed by atoms with Crippen molar-refractivity contribution in [3.8, 4) is 5.75 Å². The molecule has 0 radical (unpaired) electrons. The van der Waals surface area contributed by atoms with Crippen LogP contribution in [0.3, 0.4) is 0 Å². The van der Waals surface area contributed by atoms with Crippen LogP contribution in [-0.4, -0.2) is 23.0 Å². The number of hydrogen-bond donors (Lipinski definition) is 1. The van der Waals surface area contributed by atoms with Crippen LogP contribution in [0, 0.1) is 5.82 Å². The number of hydrogen-bond acceptors (Lipinski definition) is 3. The smallest absolute Gasteiger partial charge is 0.276 e. The van der Waals surface area contributed by atoms with E-state index in [4.69, 9.17) is 28.6 Å². The molecule has 0 saturated carbocycles. The van der Waals surface area contributed by atoms with Gasteiger partial charge in [-0.25, -0.2) is 4.39 Å². The van der Waals surface area contributed by atoms with Crippen LogP contribution in [0.5, 0.6) is 5.75 Å². The standard InChI is InChI=1S/C18H14ClFN2O2S/c1-22-17(23)15(21-18(22)25)9-11-6-7-16(13(19)8-11)24-10-12-4-2-3-5-14(12)20/h2-9H,10H2,1H3,(H,21,25)/b15-9+. The van der Waals surface area contributed by atoms with Gasteiger partial charge in [-0.2, -0.15) is 0 Å². The van der Waals surface area contributed by atoms with Crippen LogP contribution in [0.25, 0.3) is 6.08 Å². The van der Waals surface area contributed by atoms with Crippen LogP contribution in [0.1, 0.15) is 11.1 Å². The fraction of sp³-hybridized carbons (Fsp3) is 0.111. The van der Waals surface area contributed by atoms with E-state index in [0.717, 1.165) is 5.56 Å². The number of thiocarbonyl (C=S) groups is 1. The summed E-state index contributed by atoms with van der Waals surface area (Å²) in [4.78, 5) is 13.3. The van der Waals surface area contributed by atoms with Gasteiger partial charge in [0.05, 0.1) is 5.02 Å². The first-order valence-corrected chi connectivity index (χ1v) is 8.21. The lowest BCUT2D eigenvalue weighted by molar-refractivity contribution is -0.121. The minimum Gasteiger partial charge on any atom is -0.487 e. The molecule has 1 N–H and O–H groups in total. The minimum absolute atomic E-state index is 0.0753. The van der Waals surface area contributed by atoms with Crippen LogP contribution in [0.2, 0.25) is 5.02 Å². The minimum atomic E-state index is -0.328. The maximum absolute atomic E-state index is 13.6. The molecule has 1 amide bonds. The van der Waals surface area contributed by atoms with Crippen molar-refractivity contribution in [3.63, 3.8) is 0 Å². The van der Waals surface area contributed by atoms with Crippen molar-refractivity contribution in [1.29, 1.82) is 0 Å². The summed E-state index contributed by atoms with van der Waals surface area (Å²) >= 11 is 11.3. The Balaban J connectivity index is 1.74. The van der Waals surface area contributed by atoms with Crippen molar-refractivity contribution in [1.82, 2.24) is 10.2 Å². The zero-order valence-corrected chi connectivity index (χ0v) is 14.8. The Labute approximate surface area is 154 Å². The van der Waals surface area contributed by atoms with Crippen molar-refractivity contribution in [3.05, 3.63) is 70.1 Å². The average Bonchev–Trinajstić information content (AvgIpc) is 2.82. The van der Waals surface area contributed by atoms with Gasteiger partial charge in [-0.15, -0.1) is 0 Å². The maximum Gasteiger partial charge on any atom is 0.276 e. The molecule has 1 fully saturated rings. The molecule has 0 atom stereocenters. The highest BCUT2D eigenvalue weighted by Crippen LogP contribution is 2.27. The van der Waals surface area contributed by atoms with Gasteiger partial charge in [-0.1, -0.05) is 35.9 Å². The molecule has 0 spiro atoms. The number of likely N-dealkylation sites (N-methyl/N-ethyl adjacent to an activating group) is 1. The zero-order valence-electron chi connectivity index (χ0n) is 13.3. The highest BCUT2D eigenvalue weighted by atomic mass is 35.5. The number of benzene rings is 2. The molecular weight excluding hydrogens is 363 g/mol. The summed E-state index contributed by atoms with van der Waals surface area (Å²) in [6.45, 7) is 0.0753. The Morgan fingerprint density at radius 2 is 2.08 bits per heavy atom. The van der Waals surface area contributed by atoms with Crippen LogP contribution < -0.4 is 10.1 Å². The predicted octanol–water partition coefficient (Wildman–Crippen LogP) is 3.75. The summed E-state index contributed by atoms with van der Waals surface area (Å²) in [5.41, 5.74) is 1.54. The third-order valence-electron chi connectivity index (χ3n) is 3.69. The van der Waals surface area contributed by atoms with Gasteiger partial charge < -0.3 is 10.1 Å².